The maximum Gasteiger partial charge on any atom is 0.116 e. The van der Waals surface area contributed by atoms with Gasteiger partial charge in [0.05, 0.1) is 12.2 Å². The Morgan fingerprint density at radius 2 is 1.80 bits per heavy atom. The largest absolute Gasteiger partial charge is 0.508 e. The molecule has 3 atom stereocenters. The molecule has 0 saturated carbocycles. The Kier molecular flexibility index (Phi) is 6.99. The van der Waals surface area contributed by atoms with E-state index < -0.39 is 12.2 Å². The summed E-state index contributed by atoms with van der Waals surface area (Å²) in [5, 5.41) is 29.8. The van der Waals surface area contributed by atoms with E-state index >= 15 is 0 Å². The first kappa shape index (κ1) is 19.0. The molecule has 0 unspecified atom stereocenters. The number of benzene rings is 2. The fraction of sp³-hybridized carbons (Fsp3) is 0.273. The molecule has 0 bridgehead atoms. The van der Waals surface area contributed by atoms with Crippen molar-refractivity contribution < 1.29 is 15.3 Å². The molecule has 0 aliphatic carbocycles. The lowest BCUT2D eigenvalue weighted by Gasteiger charge is -2.22. The molecule has 2 rings (SSSR count). The zero-order valence-corrected chi connectivity index (χ0v) is 14.5. The average molecular weight is 338 g/mol. The van der Waals surface area contributed by atoms with Crippen LogP contribution in [-0.4, -0.2) is 27.5 Å². The molecule has 0 radical (unpaired) electrons. The van der Waals surface area contributed by atoms with Crippen molar-refractivity contribution in [2.24, 2.45) is 5.92 Å². The number of hydrogen-bond acceptors (Lipinski definition) is 3. The van der Waals surface area contributed by atoms with Crippen molar-refractivity contribution >= 4 is 11.6 Å². The molecule has 0 spiro atoms. The molecule has 132 valence electrons. The minimum absolute atomic E-state index is 0.224. The fourth-order valence-corrected chi connectivity index (χ4v) is 2.94. The Bertz CT molecular complexity index is 704. The highest BCUT2D eigenvalue weighted by Gasteiger charge is 2.21. The van der Waals surface area contributed by atoms with Gasteiger partial charge in [-0.3, -0.25) is 0 Å². The molecule has 0 fully saturated rings. The van der Waals surface area contributed by atoms with Crippen molar-refractivity contribution in [3.8, 4) is 5.75 Å². The number of allylic oxidation sites excluding steroid dienone is 1. The Labute approximate surface area is 149 Å². The van der Waals surface area contributed by atoms with E-state index in [1.165, 1.54) is 0 Å². The number of phenols is 1. The van der Waals surface area contributed by atoms with Gasteiger partial charge in [-0.15, -0.1) is 6.58 Å². The van der Waals surface area contributed by atoms with Gasteiger partial charge in [-0.05, 0) is 48.6 Å². The summed E-state index contributed by atoms with van der Waals surface area (Å²) < 4.78 is 0. The van der Waals surface area contributed by atoms with E-state index in [-0.39, 0.29) is 11.7 Å². The van der Waals surface area contributed by atoms with Crippen molar-refractivity contribution in [1.82, 2.24) is 0 Å². The van der Waals surface area contributed by atoms with Crippen LogP contribution in [0.25, 0.3) is 11.6 Å². The topological polar surface area (TPSA) is 60.7 Å². The maximum absolute atomic E-state index is 10.4. The smallest absolute Gasteiger partial charge is 0.116 e. The van der Waals surface area contributed by atoms with Crippen molar-refractivity contribution in [1.29, 1.82) is 0 Å². The molecule has 3 heteroatoms. The summed E-state index contributed by atoms with van der Waals surface area (Å²) in [6.45, 7) is 5.37. The zero-order chi connectivity index (χ0) is 18.2. The van der Waals surface area contributed by atoms with Gasteiger partial charge < -0.3 is 15.3 Å². The minimum atomic E-state index is -0.659. The van der Waals surface area contributed by atoms with Crippen LogP contribution < -0.4 is 0 Å². The predicted molar refractivity (Wildman–Crippen MR) is 103 cm³/mol. The Balaban J connectivity index is 2.23. The molecule has 0 aliphatic rings. The molecule has 0 aliphatic heterocycles. The first-order valence-corrected chi connectivity index (χ1v) is 8.55. The van der Waals surface area contributed by atoms with E-state index in [9.17, 15) is 15.3 Å². The molecule has 2 aromatic rings. The van der Waals surface area contributed by atoms with Crippen LogP contribution in [-0.2, 0) is 0 Å². The third-order valence-electron chi connectivity index (χ3n) is 4.34. The molecule has 0 amide bonds. The second kappa shape index (κ2) is 9.21. The summed E-state index contributed by atoms with van der Waals surface area (Å²) in [5.41, 5.74) is 3.05. The van der Waals surface area contributed by atoms with Gasteiger partial charge in [0, 0.05) is 5.92 Å². The van der Waals surface area contributed by atoms with E-state index in [1.54, 1.807) is 31.2 Å². The van der Waals surface area contributed by atoms with Crippen molar-refractivity contribution in [3.63, 3.8) is 0 Å². The lowest BCUT2D eigenvalue weighted by atomic mass is 9.90. The molecule has 0 saturated heterocycles. The maximum atomic E-state index is 10.4. The number of aliphatic hydroxyl groups is 2. The van der Waals surface area contributed by atoms with E-state index in [4.69, 9.17) is 0 Å². The van der Waals surface area contributed by atoms with Crippen LogP contribution >= 0.6 is 0 Å². The first-order chi connectivity index (χ1) is 12.0. The number of rotatable bonds is 8. The normalized spacial score (nSPS) is 15.4. The summed E-state index contributed by atoms with van der Waals surface area (Å²) in [6.07, 6.45) is 3.50. The van der Waals surface area contributed by atoms with Crippen LogP contribution in [0.2, 0.25) is 0 Å². The summed E-state index contributed by atoms with van der Waals surface area (Å²) >= 11 is 0. The van der Waals surface area contributed by atoms with Crippen LogP contribution in [0.1, 0.15) is 30.9 Å². The van der Waals surface area contributed by atoms with Crippen molar-refractivity contribution in [2.45, 2.75) is 32.0 Å². The molecule has 0 heterocycles. The lowest BCUT2D eigenvalue weighted by Crippen LogP contribution is -2.28. The van der Waals surface area contributed by atoms with E-state index in [1.807, 2.05) is 42.5 Å². The van der Waals surface area contributed by atoms with Gasteiger partial charge in [0.25, 0.3) is 0 Å². The Hall–Kier alpha value is -2.36. The quantitative estimate of drug-likeness (QED) is 0.498. The van der Waals surface area contributed by atoms with Gasteiger partial charge in [0.1, 0.15) is 5.75 Å². The van der Waals surface area contributed by atoms with Crippen molar-refractivity contribution in [2.75, 3.05) is 0 Å². The number of aromatic hydroxyl groups is 1. The highest BCUT2D eigenvalue weighted by molar-refractivity contribution is 5.81. The van der Waals surface area contributed by atoms with E-state index in [2.05, 4.69) is 6.58 Å². The fourth-order valence-electron chi connectivity index (χ4n) is 2.94. The van der Waals surface area contributed by atoms with Crippen LogP contribution in [0.3, 0.4) is 0 Å². The Morgan fingerprint density at radius 3 is 2.40 bits per heavy atom. The van der Waals surface area contributed by atoms with Gasteiger partial charge in [0.2, 0.25) is 0 Å². The third-order valence-corrected chi connectivity index (χ3v) is 4.34. The summed E-state index contributed by atoms with van der Waals surface area (Å²) in [7, 11) is 0. The van der Waals surface area contributed by atoms with Gasteiger partial charge in [-0.25, -0.2) is 0 Å². The lowest BCUT2D eigenvalue weighted by molar-refractivity contribution is 0.0429. The second-order valence-electron chi connectivity index (χ2n) is 6.29. The predicted octanol–water partition coefficient (Wildman–Crippen LogP) is 4.26. The van der Waals surface area contributed by atoms with Gasteiger partial charge in [-0.2, -0.15) is 0 Å². The second-order valence-corrected chi connectivity index (χ2v) is 6.29. The monoisotopic (exact) mass is 338 g/mol. The average Bonchev–Trinajstić information content (AvgIpc) is 2.59. The molecule has 0 aromatic heterocycles. The van der Waals surface area contributed by atoms with Crippen LogP contribution in [0, 0.1) is 5.92 Å². The number of hydrogen-bond donors (Lipinski definition) is 3. The first-order valence-electron chi connectivity index (χ1n) is 8.55. The van der Waals surface area contributed by atoms with Crippen LogP contribution in [0.15, 0.2) is 67.3 Å². The van der Waals surface area contributed by atoms with Gasteiger partial charge in [0.15, 0.2) is 0 Å². The highest BCUT2D eigenvalue weighted by Crippen LogP contribution is 2.27. The molecule has 25 heavy (non-hydrogen) atoms. The summed E-state index contributed by atoms with van der Waals surface area (Å²) in [4.78, 5) is 0. The van der Waals surface area contributed by atoms with Crippen molar-refractivity contribution in [3.05, 3.63) is 78.4 Å². The van der Waals surface area contributed by atoms with E-state index in [0.29, 0.717) is 12.8 Å². The SMILES string of the molecule is C=C[C@H]([C@H](O)CC/C(=C/c1cccc(O)c1)c1ccccc1)[C@@H](C)O. The minimum Gasteiger partial charge on any atom is -0.508 e. The van der Waals surface area contributed by atoms with Gasteiger partial charge in [-0.1, -0.05) is 54.6 Å². The Morgan fingerprint density at radius 1 is 1.08 bits per heavy atom. The molecule has 3 N–H and O–H groups in total. The number of aliphatic hydroxyl groups excluding tert-OH is 2. The van der Waals surface area contributed by atoms with Crippen LogP contribution in [0.4, 0.5) is 0 Å². The molecular formula is C22H26O3. The third kappa shape index (κ3) is 5.59. The molecular weight excluding hydrogens is 312 g/mol. The van der Waals surface area contributed by atoms with Crippen LogP contribution in [0.5, 0.6) is 5.75 Å². The van der Waals surface area contributed by atoms with Gasteiger partial charge >= 0.3 is 0 Å². The standard InChI is InChI=1S/C22H26O3/c1-3-21(16(2)23)22(25)13-12-19(18-9-5-4-6-10-18)14-17-8-7-11-20(24)15-17/h3-11,14-16,21-25H,1,12-13H2,2H3/b19-14-/t16-,21+,22-/m1/s1. The summed E-state index contributed by atoms with van der Waals surface area (Å²) in [5.74, 6) is -0.125. The number of phenolic OH excluding ortho intramolecular Hbond substituents is 1. The highest BCUT2D eigenvalue weighted by atomic mass is 16.3. The molecule has 3 nitrogen and oxygen atoms in total. The summed E-state index contributed by atoms with van der Waals surface area (Å²) in [6, 6.07) is 17.1. The van der Waals surface area contributed by atoms with E-state index in [0.717, 1.165) is 16.7 Å². The molecule has 2 aromatic carbocycles. The zero-order valence-electron chi connectivity index (χ0n) is 14.5.